The van der Waals surface area contributed by atoms with Gasteiger partial charge in [0.15, 0.2) is 6.61 Å². The van der Waals surface area contributed by atoms with Crippen molar-refractivity contribution in [2.45, 2.75) is 25.8 Å². The number of benzene rings is 2. The lowest BCUT2D eigenvalue weighted by atomic mass is 10.0. The third-order valence-corrected chi connectivity index (χ3v) is 3.74. The van der Waals surface area contributed by atoms with E-state index in [4.69, 9.17) is 16.3 Å². The zero-order chi connectivity index (χ0) is 17.4. The maximum atomic E-state index is 12.1. The molecule has 0 radical (unpaired) electrons. The molecule has 0 aliphatic carbocycles. The smallest absolute Gasteiger partial charge is 0.338 e. The van der Waals surface area contributed by atoms with Crippen molar-refractivity contribution in [3.05, 3.63) is 70.7 Å². The summed E-state index contributed by atoms with van der Waals surface area (Å²) in [5.74, 6) is -0.896. The highest BCUT2D eigenvalue weighted by Crippen LogP contribution is 2.18. The monoisotopic (exact) mass is 345 g/mol. The summed E-state index contributed by atoms with van der Waals surface area (Å²) >= 11 is 5.84. The lowest BCUT2D eigenvalue weighted by molar-refractivity contribution is -0.125. The molecule has 0 aromatic heterocycles. The Morgan fingerprint density at radius 2 is 1.88 bits per heavy atom. The van der Waals surface area contributed by atoms with Gasteiger partial charge in [-0.05, 0) is 30.2 Å². The molecule has 1 N–H and O–H groups in total. The summed E-state index contributed by atoms with van der Waals surface area (Å²) < 4.78 is 5.05. The third kappa shape index (κ3) is 5.39. The predicted octanol–water partition coefficient (Wildman–Crippen LogP) is 4.15. The number of ether oxygens (including phenoxy) is 1. The standard InChI is InChI=1S/C19H20ClNO3/c1-2-7-17(14-8-4-3-5-9-14)21-18(22)13-24-19(23)15-10-6-11-16(20)12-15/h3-6,8-12,17H,2,7,13H2,1H3,(H,21,22)/t17-/m0/s1. The van der Waals surface area contributed by atoms with E-state index in [0.29, 0.717) is 10.6 Å². The molecule has 1 atom stereocenters. The van der Waals surface area contributed by atoms with Crippen molar-refractivity contribution < 1.29 is 14.3 Å². The van der Waals surface area contributed by atoms with Gasteiger partial charge in [0.2, 0.25) is 0 Å². The SMILES string of the molecule is CCC[C@H](NC(=O)COC(=O)c1cccc(Cl)c1)c1ccccc1. The number of esters is 1. The summed E-state index contributed by atoms with van der Waals surface area (Å²) in [7, 11) is 0. The van der Waals surface area contributed by atoms with Gasteiger partial charge in [0.1, 0.15) is 0 Å². The Morgan fingerprint density at radius 3 is 2.54 bits per heavy atom. The molecule has 2 aromatic rings. The summed E-state index contributed by atoms with van der Waals surface area (Å²) in [4.78, 5) is 24.0. The molecule has 0 fully saturated rings. The molecule has 0 aliphatic heterocycles. The van der Waals surface area contributed by atoms with Gasteiger partial charge in [-0.1, -0.05) is 61.3 Å². The Bertz CT molecular complexity index is 688. The Balaban J connectivity index is 1.90. The quantitative estimate of drug-likeness (QED) is 0.767. The molecule has 0 unspecified atom stereocenters. The van der Waals surface area contributed by atoms with Crippen LogP contribution in [-0.2, 0) is 9.53 Å². The molecule has 0 saturated heterocycles. The van der Waals surface area contributed by atoms with Crippen LogP contribution in [0.15, 0.2) is 54.6 Å². The molecule has 0 spiro atoms. The molecule has 2 rings (SSSR count). The number of hydrogen-bond acceptors (Lipinski definition) is 3. The zero-order valence-corrected chi connectivity index (χ0v) is 14.3. The third-order valence-electron chi connectivity index (χ3n) is 3.51. The van der Waals surface area contributed by atoms with Crippen molar-refractivity contribution in [3.8, 4) is 0 Å². The number of carbonyl (C=O) groups is 2. The van der Waals surface area contributed by atoms with Gasteiger partial charge in [-0.15, -0.1) is 0 Å². The van der Waals surface area contributed by atoms with Crippen molar-refractivity contribution in [3.63, 3.8) is 0 Å². The van der Waals surface area contributed by atoms with Gasteiger partial charge >= 0.3 is 5.97 Å². The Morgan fingerprint density at radius 1 is 1.12 bits per heavy atom. The summed E-state index contributed by atoms with van der Waals surface area (Å²) in [6, 6.07) is 16.1. The largest absolute Gasteiger partial charge is 0.452 e. The number of nitrogens with one attached hydrogen (secondary N) is 1. The van der Waals surface area contributed by atoms with E-state index in [0.717, 1.165) is 18.4 Å². The van der Waals surface area contributed by atoms with E-state index in [1.54, 1.807) is 18.2 Å². The molecule has 0 saturated carbocycles. The maximum Gasteiger partial charge on any atom is 0.338 e. The van der Waals surface area contributed by atoms with E-state index in [2.05, 4.69) is 12.2 Å². The van der Waals surface area contributed by atoms with E-state index in [1.165, 1.54) is 6.07 Å². The van der Waals surface area contributed by atoms with Crippen LogP contribution in [-0.4, -0.2) is 18.5 Å². The molecule has 0 aliphatic rings. The molecule has 24 heavy (non-hydrogen) atoms. The van der Waals surface area contributed by atoms with Crippen LogP contribution in [0.2, 0.25) is 5.02 Å². The van der Waals surface area contributed by atoms with E-state index in [-0.39, 0.29) is 18.6 Å². The number of halogens is 1. The second kappa shape index (κ2) is 9.08. The van der Waals surface area contributed by atoms with Crippen molar-refractivity contribution >= 4 is 23.5 Å². The van der Waals surface area contributed by atoms with Crippen LogP contribution in [0.3, 0.4) is 0 Å². The van der Waals surface area contributed by atoms with Gasteiger partial charge in [-0.3, -0.25) is 4.79 Å². The lowest BCUT2D eigenvalue weighted by Crippen LogP contribution is -2.32. The Kier molecular flexibility index (Phi) is 6.82. The molecule has 2 aromatic carbocycles. The van der Waals surface area contributed by atoms with Crippen LogP contribution in [0.25, 0.3) is 0 Å². The zero-order valence-electron chi connectivity index (χ0n) is 13.5. The van der Waals surface area contributed by atoms with E-state index in [1.807, 2.05) is 30.3 Å². The first-order chi connectivity index (χ1) is 11.6. The van der Waals surface area contributed by atoms with Gasteiger partial charge in [0, 0.05) is 5.02 Å². The normalized spacial score (nSPS) is 11.6. The molecule has 0 heterocycles. The van der Waals surface area contributed by atoms with Gasteiger partial charge in [0.05, 0.1) is 11.6 Å². The number of hydrogen-bond donors (Lipinski definition) is 1. The van der Waals surface area contributed by atoms with Crippen molar-refractivity contribution in [1.82, 2.24) is 5.32 Å². The van der Waals surface area contributed by atoms with Crippen LogP contribution in [0.4, 0.5) is 0 Å². The summed E-state index contributed by atoms with van der Waals surface area (Å²) in [5, 5.41) is 3.36. The molecular formula is C19H20ClNO3. The molecule has 0 bridgehead atoms. The second-order valence-electron chi connectivity index (χ2n) is 5.41. The fraction of sp³-hybridized carbons (Fsp3) is 0.263. The topological polar surface area (TPSA) is 55.4 Å². The van der Waals surface area contributed by atoms with Crippen molar-refractivity contribution in [2.24, 2.45) is 0 Å². The highest BCUT2D eigenvalue weighted by molar-refractivity contribution is 6.30. The summed E-state index contributed by atoms with van der Waals surface area (Å²) in [6.45, 7) is 1.74. The average Bonchev–Trinajstić information content (AvgIpc) is 2.60. The highest BCUT2D eigenvalue weighted by Gasteiger charge is 2.15. The average molecular weight is 346 g/mol. The number of amides is 1. The minimum absolute atomic E-state index is 0.0893. The van der Waals surface area contributed by atoms with Crippen LogP contribution in [0, 0.1) is 0 Å². The molecule has 126 valence electrons. The van der Waals surface area contributed by atoms with Gasteiger partial charge in [-0.2, -0.15) is 0 Å². The van der Waals surface area contributed by atoms with Crippen LogP contribution < -0.4 is 5.32 Å². The first kappa shape index (κ1) is 18.0. The van der Waals surface area contributed by atoms with E-state index < -0.39 is 5.97 Å². The van der Waals surface area contributed by atoms with Crippen molar-refractivity contribution in [1.29, 1.82) is 0 Å². The minimum atomic E-state index is -0.570. The molecule has 4 nitrogen and oxygen atoms in total. The number of rotatable bonds is 7. The Hall–Kier alpha value is -2.33. The predicted molar refractivity (Wildman–Crippen MR) is 94.0 cm³/mol. The highest BCUT2D eigenvalue weighted by atomic mass is 35.5. The maximum absolute atomic E-state index is 12.1. The van der Waals surface area contributed by atoms with Crippen LogP contribution in [0.1, 0.15) is 41.7 Å². The van der Waals surface area contributed by atoms with Gasteiger partial charge < -0.3 is 10.1 Å². The second-order valence-corrected chi connectivity index (χ2v) is 5.84. The number of carbonyl (C=O) groups excluding carboxylic acids is 2. The Labute approximate surface area is 146 Å². The lowest BCUT2D eigenvalue weighted by Gasteiger charge is -2.18. The minimum Gasteiger partial charge on any atom is -0.452 e. The summed E-state index contributed by atoms with van der Waals surface area (Å²) in [6.07, 6.45) is 1.75. The van der Waals surface area contributed by atoms with Gasteiger partial charge in [-0.25, -0.2) is 4.79 Å². The van der Waals surface area contributed by atoms with Crippen molar-refractivity contribution in [2.75, 3.05) is 6.61 Å². The fourth-order valence-corrected chi connectivity index (χ4v) is 2.55. The van der Waals surface area contributed by atoms with Gasteiger partial charge in [0.25, 0.3) is 5.91 Å². The van der Waals surface area contributed by atoms with E-state index in [9.17, 15) is 9.59 Å². The van der Waals surface area contributed by atoms with Crippen LogP contribution >= 0.6 is 11.6 Å². The molecule has 1 amide bonds. The van der Waals surface area contributed by atoms with Crippen LogP contribution in [0.5, 0.6) is 0 Å². The fourth-order valence-electron chi connectivity index (χ4n) is 2.36. The van der Waals surface area contributed by atoms with E-state index >= 15 is 0 Å². The summed E-state index contributed by atoms with van der Waals surface area (Å²) in [5.41, 5.74) is 1.36. The first-order valence-electron chi connectivity index (χ1n) is 7.87. The molecule has 5 heteroatoms. The first-order valence-corrected chi connectivity index (χ1v) is 8.25. The molecular weight excluding hydrogens is 326 g/mol.